The summed E-state index contributed by atoms with van der Waals surface area (Å²) in [4.78, 5) is 0.156. The van der Waals surface area contributed by atoms with E-state index in [0.717, 1.165) is 38.5 Å². The maximum absolute atomic E-state index is 11.2. The molecule has 19 heavy (non-hydrogen) atoms. The maximum Gasteiger partial charge on any atom is 0.218 e. The second kappa shape index (κ2) is 11.2. The first-order valence-electron chi connectivity index (χ1n) is 6.95. The van der Waals surface area contributed by atoms with Crippen molar-refractivity contribution in [2.24, 2.45) is 0 Å². The van der Waals surface area contributed by atoms with E-state index in [4.69, 9.17) is 0 Å². The lowest BCUT2D eigenvalue weighted by Crippen LogP contribution is -2.16. The van der Waals surface area contributed by atoms with Crippen LogP contribution in [0.15, 0.2) is 0 Å². The van der Waals surface area contributed by atoms with Gasteiger partial charge in [0.1, 0.15) is 0 Å². The van der Waals surface area contributed by atoms with Crippen LogP contribution in [-0.2, 0) is 20.6 Å². The molecule has 0 aromatic carbocycles. The van der Waals surface area contributed by atoms with Crippen LogP contribution < -0.4 is 0 Å². The van der Waals surface area contributed by atoms with Crippen LogP contribution in [0.4, 0.5) is 0 Å². The molecule has 0 heterocycles. The van der Waals surface area contributed by atoms with Crippen LogP contribution in [0.25, 0.3) is 0 Å². The molecule has 0 radical (unpaired) electrons. The van der Waals surface area contributed by atoms with E-state index in [2.05, 4.69) is 6.92 Å². The van der Waals surface area contributed by atoms with E-state index in [1.54, 1.807) is 0 Å². The Morgan fingerprint density at radius 3 is 1.47 bits per heavy atom. The number of hydrogen-bond acceptors (Lipinski definition) is 4. The van der Waals surface area contributed by atoms with E-state index in [9.17, 15) is 16.8 Å². The van der Waals surface area contributed by atoms with Crippen LogP contribution in [-0.4, -0.2) is 26.6 Å². The van der Waals surface area contributed by atoms with Crippen molar-refractivity contribution in [3.8, 4) is 0 Å². The highest BCUT2D eigenvalue weighted by molar-refractivity contribution is 7.82. The largest absolute Gasteiger partial charge is 0.218 e. The van der Waals surface area contributed by atoms with E-state index in [0.29, 0.717) is 19.3 Å². The molecule has 0 fully saturated rings. The van der Waals surface area contributed by atoms with E-state index in [1.165, 1.54) is 0 Å². The Hall–Kier alpha value is -0.620. The summed E-state index contributed by atoms with van der Waals surface area (Å²) in [6, 6.07) is 0. The third kappa shape index (κ3) is 8.21. The third-order valence-corrected chi connectivity index (χ3v) is 4.81. The summed E-state index contributed by atoms with van der Waals surface area (Å²) in [5, 5.41) is 0. The van der Waals surface area contributed by atoms with E-state index >= 15 is 0 Å². The minimum Gasteiger partial charge on any atom is -0.184 e. The van der Waals surface area contributed by atoms with Gasteiger partial charge in [0.2, 0.25) is 20.6 Å². The fourth-order valence-corrected chi connectivity index (χ4v) is 3.46. The van der Waals surface area contributed by atoms with Crippen LogP contribution >= 0.6 is 0 Å². The second-order valence-corrected chi connectivity index (χ2v) is 6.51. The van der Waals surface area contributed by atoms with Crippen molar-refractivity contribution in [3.05, 3.63) is 0 Å². The quantitative estimate of drug-likeness (QED) is 0.459. The van der Waals surface area contributed by atoms with Crippen molar-refractivity contribution in [1.82, 2.24) is 0 Å². The summed E-state index contributed by atoms with van der Waals surface area (Å²) in [5.74, 6) is 0. The van der Waals surface area contributed by atoms with Crippen LogP contribution in [0.2, 0.25) is 0 Å². The van der Waals surface area contributed by atoms with Crippen molar-refractivity contribution >= 4 is 30.3 Å². The highest BCUT2D eigenvalue weighted by Gasteiger charge is 2.12. The zero-order valence-corrected chi connectivity index (χ0v) is 13.4. The average molecular weight is 308 g/mol. The molecule has 0 saturated heterocycles. The molecule has 0 aliphatic rings. The molecule has 0 spiro atoms. The molecule has 0 aromatic heterocycles. The Balaban J connectivity index is 4.74. The van der Waals surface area contributed by atoms with Crippen molar-refractivity contribution < 1.29 is 16.8 Å². The Labute approximate surface area is 119 Å². The second-order valence-electron chi connectivity index (χ2n) is 4.58. The van der Waals surface area contributed by atoms with Crippen molar-refractivity contribution in [3.63, 3.8) is 0 Å². The van der Waals surface area contributed by atoms with Gasteiger partial charge in [0, 0.05) is 0 Å². The predicted molar refractivity (Wildman–Crippen MR) is 80.8 cm³/mol. The Morgan fingerprint density at radius 2 is 1.05 bits per heavy atom. The fraction of sp³-hybridized carbons (Fsp3) is 0.846. The Morgan fingerprint density at radius 1 is 0.632 bits per heavy atom. The van der Waals surface area contributed by atoms with Gasteiger partial charge in [0.25, 0.3) is 0 Å². The van der Waals surface area contributed by atoms with Gasteiger partial charge < -0.3 is 0 Å². The first-order valence-corrected chi connectivity index (χ1v) is 9.10. The molecular weight excluding hydrogens is 284 g/mol. The minimum atomic E-state index is -2.43. The van der Waals surface area contributed by atoms with Crippen molar-refractivity contribution in [1.29, 1.82) is 0 Å². The van der Waals surface area contributed by atoms with Gasteiger partial charge >= 0.3 is 0 Å². The molecule has 0 rings (SSSR count). The summed E-state index contributed by atoms with van der Waals surface area (Å²) in [6.07, 6.45) is 7.21. The molecule has 0 N–H and O–H groups in total. The van der Waals surface area contributed by atoms with Crippen LogP contribution in [0.5, 0.6) is 0 Å². The van der Waals surface area contributed by atoms with Gasteiger partial charge in [-0.15, -0.1) is 0 Å². The molecular formula is C13H24O4S2. The zero-order valence-electron chi connectivity index (χ0n) is 11.8. The minimum absolute atomic E-state index is 0.0747. The van der Waals surface area contributed by atoms with E-state index < -0.39 is 20.6 Å². The standard InChI is InChI=1S/C13H24O4S2/c1-3-5-7-8-9-11-13(19(16)17)12(18(14)15)10-6-4-2/h3-11H2,1-2H3. The van der Waals surface area contributed by atoms with Crippen LogP contribution in [0.1, 0.15) is 71.6 Å². The average Bonchev–Trinajstić information content (AvgIpc) is 2.35. The van der Waals surface area contributed by atoms with Gasteiger partial charge in [0.05, 0.1) is 9.73 Å². The first-order chi connectivity index (χ1) is 9.04. The van der Waals surface area contributed by atoms with Gasteiger partial charge in [-0.05, 0) is 25.7 Å². The van der Waals surface area contributed by atoms with Crippen LogP contribution in [0, 0.1) is 0 Å². The smallest absolute Gasteiger partial charge is 0.184 e. The van der Waals surface area contributed by atoms with Gasteiger partial charge in [-0.25, -0.2) is 0 Å². The SMILES string of the molecule is CCCCCCCC(C(CCCC)=S(=O)=O)=S(=O)=O. The Kier molecular flexibility index (Phi) is 10.9. The number of hydrogen-bond donors (Lipinski definition) is 0. The van der Waals surface area contributed by atoms with Crippen molar-refractivity contribution in [2.45, 2.75) is 71.6 Å². The predicted octanol–water partition coefficient (Wildman–Crippen LogP) is 2.64. The molecule has 0 aromatic rings. The molecule has 0 saturated carbocycles. The van der Waals surface area contributed by atoms with Crippen LogP contribution in [0.3, 0.4) is 0 Å². The molecule has 0 bridgehead atoms. The molecule has 0 unspecified atom stereocenters. The van der Waals surface area contributed by atoms with E-state index in [-0.39, 0.29) is 9.73 Å². The van der Waals surface area contributed by atoms with Gasteiger partial charge in [0.15, 0.2) is 0 Å². The summed E-state index contributed by atoms with van der Waals surface area (Å²) < 4.78 is 44.7. The molecule has 0 atom stereocenters. The number of rotatable bonds is 10. The molecule has 112 valence electrons. The zero-order chi connectivity index (χ0) is 14.7. The molecule has 6 heteroatoms. The topological polar surface area (TPSA) is 68.3 Å². The Bertz CT molecular complexity index is 497. The summed E-state index contributed by atoms with van der Waals surface area (Å²) >= 11 is 0. The van der Waals surface area contributed by atoms with Gasteiger partial charge in [-0.1, -0.05) is 46.0 Å². The first kappa shape index (κ1) is 18.4. The molecule has 0 aliphatic heterocycles. The van der Waals surface area contributed by atoms with Crippen molar-refractivity contribution in [2.75, 3.05) is 0 Å². The fourth-order valence-electron chi connectivity index (χ4n) is 1.86. The monoisotopic (exact) mass is 308 g/mol. The highest BCUT2D eigenvalue weighted by atomic mass is 32.2. The number of unbranched alkanes of at least 4 members (excludes halogenated alkanes) is 5. The molecule has 4 nitrogen and oxygen atoms in total. The summed E-state index contributed by atoms with van der Waals surface area (Å²) in [5.41, 5.74) is 0. The van der Waals surface area contributed by atoms with Gasteiger partial charge in [-0.2, -0.15) is 16.8 Å². The summed E-state index contributed by atoms with van der Waals surface area (Å²) in [7, 11) is -4.86. The molecule has 0 aliphatic carbocycles. The lowest BCUT2D eigenvalue weighted by molar-refractivity contribution is 0.623. The highest BCUT2D eigenvalue weighted by Crippen LogP contribution is 2.08. The maximum atomic E-state index is 11.2. The third-order valence-electron chi connectivity index (χ3n) is 2.98. The van der Waals surface area contributed by atoms with E-state index in [1.807, 2.05) is 6.92 Å². The van der Waals surface area contributed by atoms with Gasteiger partial charge in [-0.3, -0.25) is 0 Å². The molecule has 0 amide bonds. The lowest BCUT2D eigenvalue weighted by atomic mass is 10.1. The normalized spacial score (nSPS) is 10.2. The lowest BCUT2D eigenvalue weighted by Gasteiger charge is -2.04. The summed E-state index contributed by atoms with van der Waals surface area (Å²) in [6.45, 7) is 4.06.